The highest BCUT2D eigenvalue weighted by Gasteiger charge is 1.72. The molecule has 0 aliphatic rings. The van der Waals surface area contributed by atoms with E-state index >= 15 is 0 Å². The van der Waals surface area contributed by atoms with Crippen LogP contribution in [-0.2, 0) is 4.79 Å². The molecular weight excluding hydrogens is 110 g/mol. The summed E-state index contributed by atoms with van der Waals surface area (Å²) in [7, 11) is 0. The van der Waals surface area contributed by atoms with Gasteiger partial charge >= 0.3 is 0 Å². The van der Waals surface area contributed by atoms with Crippen molar-refractivity contribution in [2.24, 2.45) is 5.73 Å². The molecule has 0 amide bonds. The van der Waals surface area contributed by atoms with E-state index < -0.39 is 0 Å². The van der Waals surface area contributed by atoms with Crippen LogP contribution in [0.4, 0.5) is 0 Å². The van der Waals surface area contributed by atoms with Gasteiger partial charge in [-0.25, -0.2) is 0 Å². The number of rotatable bonds is 3. The highest BCUT2D eigenvalue weighted by Crippen LogP contribution is 1.95. The van der Waals surface area contributed by atoms with Crippen molar-refractivity contribution < 1.29 is 4.79 Å². The van der Waals surface area contributed by atoms with E-state index in [2.05, 4.69) is 0 Å². The maximum Gasteiger partial charge on any atom is 0.130 e. The molecule has 0 aliphatic carbocycles. The average molecular weight is 117 g/mol. The minimum Gasteiger partial charge on any atom is -0.404 e. The predicted octanol–water partition coefficient (Wildman–Crippen LogP) is 0.348. The lowest BCUT2D eigenvalue weighted by molar-refractivity contribution is -0.105. The van der Waals surface area contributed by atoms with Gasteiger partial charge in [0.15, 0.2) is 0 Å². The van der Waals surface area contributed by atoms with Crippen LogP contribution in [0.2, 0.25) is 0 Å². The van der Waals surface area contributed by atoms with Crippen LogP contribution in [0, 0.1) is 0 Å². The van der Waals surface area contributed by atoms with Crippen molar-refractivity contribution >= 4 is 18.0 Å². The molecule has 0 spiro atoms. The van der Waals surface area contributed by atoms with Crippen LogP contribution in [0.5, 0.6) is 0 Å². The van der Waals surface area contributed by atoms with Gasteiger partial charge in [-0.3, -0.25) is 0 Å². The Morgan fingerprint density at radius 1 is 1.71 bits per heavy atom. The van der Waals surface area contributed by atoms with E-state index in [0.29, 0.717) is 5.75 Å². The molecule has 2 nitrogen and oxygen atoms in total. The van der Waals surface area contributed by atoms with E-state index in [1.54, 1.807) is 5.41 Å². The number of aldehydes is 1. The molecule has 0 atom stereocenters. The minimum atomic E-state index is 0.494. The fourth-order valence-electron chi connectivity index (χ4n) is 0.150. The molecular formula is C4H7NOS. The minimum absolute atomic E-state index is 0.494. The molecule has 0 radical (unpaired) electrons. The van der Waals surface area contributed by atoms with E-state index in [1.165, 1.54) is 18.0 Å². The van der Waals surface area contributed by atoms with E-state index in [1.807, 2.05) is 0 Å². The van der Waals surface area contributed by atoms with Gasteiger partial charge in [0, 0.05) is 6.20 Å². The number of hydrogen-bond donors (Lipinski definition) is 1. The van der Waals surface area contributed by atoms with Crippen molar-refractivity contribution in [3.8, 4) is 0 Å². The van der Waals surface area contributed by atoms with Crippen LogP contribution in [0.3, 0.4) is 0 Å². The van der Waals surface area contributed by atoms with Crippen molar-refractivity contribution in [3.05, 3.63) is 11.6 Å². The topological polar surface area (TPSA) is 43.1 Å². The van der Waals surface area contributed by atoms with Crippen LogP contribution in [0.25, 0.3) is 0 Å². The number of nitrogens with two attached hydrogens (primary N) is 1. The fourth-order valence-corrected chi connectivity index (χ4v) is 0.451. The molecule has 0 rings (SSSR count). The molecule has 0 saturated carbocycles. The summed E-state index contributed by atoms with van der Waals surface area (Å²) in [6, 6.07) is 0. The monoisotopic (exact) mass is 117 g/mol. The van der Waals surface area contributed by atoms with Gasteiger partial charge in [0.05, 0.1) is 5.75 Å². The zero-order valence-electron chi connectivity index (χ0n) is 3.83. The van der Waals surface area contributed by atoms with Crippen molar-refractivity contribution in [1.82, 2.24) is 0 Å². The third-order valence-electron chi connectivity index (χ3n) is 0.339. The normalized spacial score (nSPS) is 9.71. The molecule has 0 bridgehead atoms. The Balaban J connectivity index is 2.82. The molecule has 7 heavy (non-hydrogen) atoms. The second-order valence-electron chi connectivity index (χ2n) is 0.829. The van der Waals surface area contributed by atoms with Crippen LogP contribution in [-0.4, -0.2) is 12.0 Å². The summed E-state index contributed by atoms with van der Waals surface area (Å²) < 4.78 is 0. The summed E-state index contributed by atoms with van der Waals surface area (Å²) in [6.07, 6.45) is 2.25. The van der Waals surface area contributed by atoms with Gasteiger partial charge in [0.25, 0.3) is 0 Å². The van der Waals surface area contributed by atoms with Gasteiger partial charge in [-0.1, -0.05) is 0 Å². The molecule has 2 N–H and O–H groups in total. The van der Waals surface area contributed by atoms with Crippen LogP contribution in [0.1, 0.15) is 0 Å². The lowest BCUT2D eigenvalue weighted by Gasteiger charge is -1.76. The quantitative estimate of drug-likeness (QED) is 0.428. The lowest BCUT2D eigenvalue weighted by Crippen LogP contribution is -1.76. The summed E-state index contributed by atoms with van der Waals surface area (Å²) in [5, 5.41) is 1.68. The third-order valence-corrected chi connectivity index (χ3v) is 1.02. The SMILES string of the molecule is NC=CSCC=O. The summed E-state index contributed by atoms with van der Waals surface area (Å²) in [5.74, 6) is 0.494. The van der Waals surface area contributed by atoms with Crippen molar-refractivity contribution in [1.29, 1.82) is 0 Å². The molecule has 0 fully saturated rings. The first-order chi connectivity index (χ1) is 3.41. The Bertz CT molecular complexity index is 72.1. The molecule has 40 valence electrons. The summed E-state index contributed by atoms with van der Waals surface area (Å²) in [5.41, 5.74) is 4.95. The average Bonchev–Trinajstić information content (AvgIpc) is 1.69. The van der Waals surface area contributed by atoms with Crippen molar-refractivity contribution in [2.45, 2.75) is 0 Å². The van der Waals surface area contributed by atoms with Gasteiger partial charge < -0.3 is 10.5 Å². The largest absolute Gasteiger partial charge is 0.404 e. The summed E-state index contributed by atoms with van der Waals surface area (Å²) in [6.45, 7) is 0. The Morgan fingerprint density at radius 3 is 2.86 bits per heavy atom. The molecule has 0 aromatic carbocycles. The molecule has 0 saturated heterocycles. The van der Waals surface area contributed by atoms with E-state index in [-0.39, 0.29) is 0 Å². The Labute approximate surface area is 46.8 Å². The van der Waals surface area contributed by atoms with Crippen LogP contribution >= 0.6 is 11.8 Å². The Hall–Kier alpha value is -0.440. The number of carbonyl (C=O) groups excluding carboxylic acids is 1. The zero-order chi connectivity index (χ0) is 5.54. The first kappa shape index (κ1) is 6.56. The number of thioether (sulfide) groups is 1. The van der Waals surface area contributed by atoms with Crippen molar-refractivity contribution in [3.63, 3.8) is 0 Å². The van der Waals surface area contributed by atoms with Gasteiger partial charge in [-0.2, -0.15) is 0 Å². The van der Waals surface area contributed by atoms with E-state index in [0.717, 1.165) is 6.29 Å². The predicted molar refractivity (Wildman–Crippen MR) is 31.8 cm³/mol. The lowest BCUT2D eigenvalue weighted by atomic mass is 10.9. The molecule has 0 heterocycles. The highest BCUT2D eigenvalue weighted by atomic mass is 32.2. The van der Waals surface area contributed by atoms with Gasteiger partial charge in [-0.15, -0.1) is 11.8 Å². The third kappa shape index (κ3) is 5.56. The summed E-state index contributed by atoms with van der Waals surface area (Å²) in [4.78, 5) is 9.58. The number of carbonyl (C=O) groups is 1. The smallest absolute Gasteiger partial charge is 0.130 e. The maximum atomic E-state index is 9.58. The van der Waals surface area contributed by atoms with E-state index in [4.69, 9.17) is 5.73 Å². The number of hydrogen-bond acceptors (Lipinski definition) is 3. The van der Waals surface area contributed by atoms with Crippen LogP contribution < -0.4 is 5.73 Å². The van der Waals surface area contributed by atoms with Crippen molar-refractivity contribution in [2.75, 3.05) is 5.75 Å². The molecule has 0 aromatic heterocycles. The van der Waals surface area contributed by atoms with E-state index in [9.17, 15) is 4.79 Å². The van der Waals surface area contributed by atoms with Crippen LogP contribution in [0.15, 0.2) is 11.6 Å². The fraction of sp³-hybridized carbons (Fsp3) is 0.250. The molecule has 0 aromatic rings. The van der Waals surface area contributed by atoms with Gasteiger partial charge in [0.1, 0.15) is 6.29 Å². The first-order valence-corrected chi connectivity index (χ1v) is 2.88. The zero-order valence-corrected chi connectivity index (χ0v) is 4.65. The highest BCUT2D eigenvalue weighted by molar-refractivity contribution is 8.02. The summed E-state index contributed by atoms with van der Waals surface area (Å²) >= 11 is 1.38. The first-order valence-electron chi connectivity index (χ1n) is 1.83. The van der Waals surface area contributed by atoms with Gasteiger partial charge in [-0.05, 0) is 5.41 Å². The standard InChI is InChI=1S/C4H7NOS/c5-1-3-7-4-2-6/h1-3H,4-5H2. The van der Waals surface area contributed by atoms with Gasteiger partial charge in [0.2, 0.25) is 0 Å². The second kappa shape index (κ2) is 5.56. The second-order valence-corrected chi connectivity index (χ2v) is 1.77. The maximum absolute atomic E-state index is 9.58. The Kier molecular flexibility index (Phi) is 5.21. The Morgan fingerprint density at radius 2 is 2.43 bits per heavy atom. The molecule has 0 aliphatic heterocycles. The molecule has 0 unspecified atom stereocenters. The molecule has 3 heteroatoms.